The van der Waals surface area contributed by atoms with Gasteiger partial charge in [-0.1, -0.05) is 0 Å². The van der Waals surface area contributed by atoms with E-state index >= 15 is 0 Å². The molecule has 0 aromatic carbocycles. The predicted molar refractivity (Wildman–Crippen MR) is 85.0 cm³/mol. The molecule has 0 rings (SSSR count). The Morgan fingerprint density at radius 2 is 0.857 bits per heavy atom. The highest BCUT2D eigenvalue weighted by Crippen LogP contribution is 2.68. The Labute approximate surface area is 127 Å². The molecule has 0 aromatic heterocycles. The van der Waals surface area contributed by atoms with E-state index in [0.717, 1.165) is 0 Å². The smallest absolute Gasteiger partial charge is 0.323 e. The molecule has 0 spiro atoms. The summed E-state index contributed by atoms with van der Waals surface area (Å²) in [5.41, 5.74) is 0. The highest BCUT2D eigenvalue weighted by molar-refractivity contribution is 7.82. The number of hydrogen-bond donors (Lipinski definition) is 0. The Hall–Kier alpha value is 0.530. The minimum Gasteiger partial charge on any atom is -0.323 e. The van der Waals surface area contributed by atoms with Gasteiger partial charge in [0.25, 0.3) is 0 Å². The Morgan fingerprint density at radius 1 is 0.619 bits per heavy atom. The van der Waals surface area contributed by atoms with Crippen LogP contribution in [0.2, 0.25) is 0 Å². The van der Waals surface area contributed by atoms with Gasteiger partial charge >= 0.3 is 15.2 Å². The van der Waals surface area contributed by atoms with Crippen LogP contribution >= 0.6 is 22.3 Å². The van der Waals surface area contributed by atoms with E-state index in [9.17, 15) is 13.7 Å². The van der Waals surface area contributed by atoms with Gasteiger partial charge < -0.3 is 22.7 Å². The normalized spacial score (nSPS) is 13.6. The lowest BCUT2D eigenvalue weighted by Gasteiger charge is -2.24. The summed E-state index contributed by atoms with van der Waals surface area (Å²) in [5.74, 6) is -0.544. The summed E-state index contributed by atoms with van der Waals surface area (Å²) in [4.78, 5) is 0. The van der Waals surface area contributed by atoms with Gasteiger partial charge in [-0.2, -0.15) is 0 Å². The van der Waals surface area contributed by atoms with Gasteiger partial charge in [0.15, 0.2) is 0 Å². The molecule has 128 valence electrons. The van der Waals surface area contributed by atoms with Crippen molar-refractivity contribution in [1.82, 2.24) is 0 Å². The lowest BCUT2D eigenvalue weighted by Crippen LogP contribution is -2.06. The van der Waals surface area contributed by atoms with E-state index in [1.807, 2.05) is 0 Å². The van der Waals surface area contributed by atoms with Gasteiger partial charge in [0, 0.05) is 0 Å². The molecule has 0 unspecified atom stereocenters. The van der Waals surface area contributed by atoms with Gasteiger partial charge in [-0.25, -0.2) is 0 Å². The van der Waals surface area contributed by atoms with Crippen molar-refractivity contribution in [2.75, 3.05) is 44.9 Å². The molecule has 0 aromatic rings. The van der Waals surface area contributed by atoms with E-state index in [4.69, 9.17) is 18.1 Å². The number of hydrogen-bond acceptors (Lipinski definition) is 7. The fourth-order valence-corrected chi connectivity index (χ4v) is 11.9. The van der Waals surface area contributed by atoms with Crippen LogP contribution in [-0.2, 0) is 31.8 Å². The Balaban J connectivity index is 5.06. The zero-order chi connectivity index (χ0) is 16.6. The fourth-order valence-electron chi connectivity index (χ4n) is 1.80. The van der Waals surface area contributed by atoms with Crippen LogP contribution in [0.1, 0.15) is 27.7 Å². The van der Waals surface area contributed by atoms with E-state index < -0.39 is 22.3 Å². The monoisotopic (exact) mass is 364 g/mol. The largest absolute Gasteiger partial charge is 0.337 e. The van der Waals surface area contributed by atoms with Crippen LogP contribution < -0.4 is 0 Å². The average Bonchev–Trinajstić information content (AvgIpc) is 2.27. The minimum absolute atomic E-state index is 0.186. The Bertz CT molecular complexity index is 382. The van der Waals surface area contributed by atoms with Crippen molar-refractivity contribution in [2.24, 2.45) is 0 Å². The van der Waals surface area contributed by atoms with Crippen molar-refractivity contribution < 1.29 is 31.8 Å². The van der Waals surface area contributed by atoms with E-state index in [2.05, 4.69) is 0 Å². The second-order valence-corrected chi connectivity index (χ2v) is 12.8. The van der Waals surface area contributed by atoms with Gasteiger partial charge in [-0.15, -0.1) is 0 Å². The molecule has 0 aliphatic heterocycles. The molecule has 0 saturated carbocycles. The van der Waals surface area contributed by atoms with Crippen molar-refractivity contribution in [1.29, 1.82) is 0 Å². The van der Waals surface area contributed by atoms with Crippen LogP contribution in [-0.4, -0.2) is 44.9 Å². The standard InChI is InChI=1S/C11H27O7P3/c1-6-15-20(13,16-7-2)10-19(5,12)11-21(14,17-8-3)18-9-4/h6-11H2,1-5H3. The van der Waals surface area contributed by atoms with Crippen molar-refractivity contribution in [2.45, 2.75) is 27.7 Å². The third kappa shape index (κ3) is 8.66. The molecule has 7 nitrogen and oxygen atoms in total. The topological polar surface area (TPSA) is 88.1 Å². The van der Waals surface area contributed by atoms with Crippen molar-refractivity contribution in [3.63, 3.8) is 0 Å². The second kappa shape index (κ2) is 9.62. The average molecular weight is 364 g/mol. The Kier molecular flexibility index (Phi) is 9.86. The maximum Gasteiger partial charge on any atom is 0.337 e. The van der Waals surface area contributed by atoms with Crippen LogP contribution in [0.15, 0.2) is 0 Å². The molecule has 0 fully saturated rings. The summed E-state index contributed by atoms with van der Waals surface area (Å²) in [6, 6.07) is 0. The summed E-state index contributed by atoms with van der Waals surface area (Å²) in [5, 5.41) is 0. The lowest BCUT2D eigenvalue weighted by molar-refractivity contribution is 0.223. The van der Waals surface area contributed by atoms with Gasteiger partial charge in [-0.05, 0) is 34.4 Å². The lowest BCUT2D eigenvalue weighted by atomic mass is 10.9. The van der Waals surface area contributed by atoms with Crippen molar-refractivity contribution in [3.05, 3.63) is 0 Å². The van der Waals surface area contributed by atoms with E-state index in [-0.39, 0.29) is 38.2 Å². The van der Waals surface area contributed by atoms with Crippen LogP contribution in [0.4, 0.5) is 0 Å². The summed E-state index contributed by atoms with van der Waals surface area (Å²) in [6.07, 6.45) is 0. The van der Waals surface area contributed by atoms with E-state index in [1.54, 1.807) is 27.7 Å². The fraction of sp³-hybridized carbons (Fsp3) is 1.00. The third-order valence-corrected chi connectivity index (χ3v) is 12.4. The minimum atomic E-state index is -3.46. The summed E-state index contributed by atoms with van der Waals surface area (Å²) in [6.45, 7) is 8.88. The van der Waals surface area contributed by atoms with Crippen LogP contribution in [0, 0.1) is 0 Å². The molecular formula is C11H27O7P3. The summed E-state index contributed by atoms with van der Waals surface area (Å²) in [7, 11) is -10.0. The molecule has 0 radical (unpaired) electrons. The first kappa shape index (κ1) is 21.5. The van der Waals surface area contributed by atoms with Crippen molar-refractivity contribution in [3.8, 4) is 0 Å². The van der Waals surface area contributed by atoms with Crippen LogP contribution in [0.3, 0.4) is 0 Å². The molecule has 0 aliphatic carbocycles. The molecule has 0 heterocycles. The first-order chi connectivity index (χ1) is 9.66. The Morgan fingerprint density at radius 3 is 1.05 bits per heavy atom. The first-order valence-electron chi connectivity index (χ1n) is 6.97. The zero-order valence-corrected chi connectivity index (χ0v) is 16.1. The van der Waals surface area contributed by atoms with Gasteiger partial charge in [0.1, 0.15) is 18.9 Å². The SMILES string of the molecule is CCOP(=O)(CP(C)(=O)CP(=O)(OCC)OCC)OCC. The number of rotatable bonds is 12. The van der Waals surface area contributed by atoms with E-state index in [0.29, 0.717) is 0 Å². The maximum absolute atomic E-state index is 12.7. The summed E-state index contributed by atoms with van der Waals surface area (Å²) >= 11 is 0. The molecule has 10 heteroatoms. The predicted octanol–water partition coefficient (Wildman–Crippen LogP) is 4.43. The highest BCUT2D eigenvalue weighted by atomic mass is 31.3. The van der Waals surface area contributed by atoms with Gasteiger partial charge in [-0.3, -0.25) is 9.13 Å². The van der Waals surface area contributed by atoms with E-state index in [1.165, 1.54) is 6.66 Å². The third-order valence-electron chi connectivity index (χ3n) is 2.25. The molecule has 0 saturated heterocycles. The molecule has 0 N–H and O–H groups in total. The molecule has 0 atom stereocenters. The molecular weight excluding hydrogens is 337 g/mol. The quantitative estimate of drug-likeness (QED) is 0.473. The van der Waals surface area contributed by atoms with Gasteiger partial charge in [0.2, 0.25) is 0 Å². The van der Waals surface area contributed by atoms with Crippen LogP contribution in [0.5, 0.6) is 0 Å². The molecule has 0 amide bonds. The van der Waals surface area contributed by atoms with Crippen LogP contribution in [0.25, 0.3) is 0 Å². The summed E-state index contributed by atoms with van der Waals surface area (Å²) < 4.78 is 58.1. The maximum atomic E-state index is 12.7. The molecule has 0 aliphatic rings. The first-order valence-corrected chi connectivity index (χ1v) is 13.0. The molecule has 0 bridgehead atoms. The van der Waals surface area contributed by atoms with Gasteiger partial charge in [0.05, 0.1) is 26.4 Å². The zero-order valence-electron chi connectivity index (χ0n) is 13.4. The molecule has 21 heavy (non-hydrogen) atoms. The second-order valence-electron chi connectivity index (χ2n) is 4.47. The highest BCUT2D eigenvalue weighted by Gasteiger charge is 2.39. The van der Waals surface area contributed by atoms with Crippen molar-refractivity contribution >= 4 is 22.3 Å².